The number of hydrogen-bond donors (Lipinski definition) is 1. The third-order valence-electron chi connectivity index (χ3n) is 9.57. The summed E-state index contributed by atoms with van der Waals surface area (Å²) in [4.78, 5) is 0. The molecule has 0 spiro atoms. The molecule has 0 heterocycles. The van der Waals surface area contributed by atoms with Gasteiger partial charge in [0.25, 0.3) is 0 Å². The molecule has 4 nitrogen and oxygen atoms in total. The van der Waals surface area contributed by atoms with Crippen LogP contribution >= 0.6 is 0 Å². The Kier molecular flexibility index (Phi) is 9.68. The van der Waals surface area contributed by atoms with Gasteiger partial charge in [-0.1, -0.05) is 77.7 Å². The molecule has 1 aromatic carbocycles. The molecule has 212 valence electrons. The molecule has 1 N–H and O–H groups in total. The molecule has 0 amide bonds. The van der Waals surface area contributed by atoms with Crippen molar-refractivity contribution in [3.8, 4) is 17.6 Å². The van der Waals surface area contributed by atoms with Crippen LogP contribution in [0.3, 0.4) is 0 Å². The van der Waals surface area contributed by atoms with Crippen LogP contribution in [0.15, 0.2) is 36.4 Å². The number of allylic oxidation sites excluding steroid dienone is 1. The lowest BCUT2D eigenvalue weighted by Crippen LogP contribution is -2.56. The summed E-state index contributed by atoms with van der Waals surface area (Å²) in [5.74, 6) is 9.39. The quantitative estimate of drug-likeness (QED) is 0.190. The molecule has 0 aromatic heterocycles. The minimum atomic E-state index is -1.81. The molecule has 0 aliphatic heterocycles. The van der Waals surface area contributed by atoms with Crippen LogP contribution in [0.25, 0.3) is 0 Å². The molecule has 1 aromatic rings. The molecule has 4 rings (SSSR count). The SMILES string of the molecule is COc1ccc(COC[C@@H](C)C#C[C@]2(O)C[C@H]3C=C[C@@]2(C)C[C@@H]3[C@@H](CO[Si](C)(C)C(C)(C)C)C(C)C)cc1. The van der Waals surface area contributed by atoms with E-state index in [1.165, 1.54) is 0 Å². The number of methoxy groups -OCH3 is 1. The maximum atomic E-state index is 11.8. The molecule has 5 heteroatoms. The van der Waals surface area contributed by atoms with Crippen LogP contribution in [-0.4, -0.2) is 39.3 Å². The zero-order valence-corrected chi connectivity index (χ0v) is 26.6. The normalized spacial score (nSPS) is 28.6. The highest BCUT2D eigenvalue weighted by molar-refractivity contribution is 6.74. The van der Waals surface area contributed by atoms with Gasteiger partial charge in [0.05, 0.1) is 20.3 Å². The maximum absolute atomic E-state index is 11.8. The summed E-state index contributed by atoms with van der Waals surface area (Å²) in [5.41, 5.74) is -0.252. The van der Waals surface area contributed by atoms with E-state index in [1.54, 1.807) is 7.11 Å². The number of aliphatic hydroxyl groups is 1. The molecule has 1 fully saturated rings. The number of rotatable bonds is 10. The average Bonchev–Trinajstić information content (AvgIpc) is 2.83. The van der Waals surface area contributed by atoms with Crippen LogP contribution < -0.4 is 4.74 Å². The lowest BCUT2D eigenvalue weighted by molar-refractivity contribution is -0.0930. The van der Waals surface area contributed by atoms with E-state index in [0.29, 0.717) is 43.3 Å². The van der Waals surface area contributed by atoms with Gasteiger partial charge in [0.15, 0.2) is 8.32 Å². The first kappa shape index (κ1) is 31.0. The molecule has 6 atom stereocenters. The number of ether oxygens (including phenoxy) is 2. The highest BCUT2D eigenvalue weighted by Crippen LogP contribution is 2.57. The summed E-state index contributed by atoms with van der Waals surface area (Å²) in [5, 5.41) is 12.0. The van der Waals surface area contributed by atoms with Crippen LogP contribution in [0.4, 0.5) is 0 Å². The zero-order chi connectivity index (χ0) is 28.4. The van der Waals surface area contributed by atoms with Gasteiger partial charge in [0.1, 0.15) is 11.4 Å². The summed E-state index contributed by atoms with van der Waals surface area (Å²) < 4.78 is 17.9. The van der Waals surface area contributed by atoms with E-state index in [2.05, 4.69) is 85.6 Å². The van der Waals surface area contributed by atoms with E-state index in [-0.39, 0.29) is 16.4 Å². The Morgan fingerprint density at radius 3 is 2.29 bits per heavy atom. The Balaban J connectivity index is 1.63. The van der Waals surface area contributed by atoms with Gasteiger partial charge in [-0.05, 0) is 79.3 Å². The van der Waals surface area contributed by atoms with Crippen LogP contribution in [0.5, 0.6) is 5.75 Å². The lowest BCUT2D eigenvalue weighted by Gasteiger charge is -2.55. The number of benzene rings is 1. The van der Waals surface area contributed by atoms with Gasteiger partial charge in [-0.15, -0.1) is 0 Å². The molecule has 3 aliphatic rings. The van der Waals surface area contributed by atoms with Crippen molar-refractivity contribution in [2.45, 2.75) is 91.6 Å². The van der Waals surface area contributed by atoms with Crippen molar-refractivity contribution >= 4 is 8.32 Å². The molecule has 0 saturated heterocycles. The predicted octanol–water partition coefficient (Wildman–Crippen LogP) is 7.48. The molecule has 0 radical (unpaired) electrons. The van der Waals surface area contributed by atoms with Crippen molar-refractivity contribution in [3.05, 3.63) is 42.0 Å². The monoisotopic (exact) mass is 540 g/mol. The van der Waals surface area contributed by atoms with Gasteiger partial charge >= 0.3 is 0 Å². The largest absolute Gasteiger partial charge is 0.497 e. The van der Waals surface area contributed by atoms with E-state index in [4.69, 9.17) is 13.9 Å². The fraction of sp³-hybridized carbons (Fsp3) is 0.697. The Morgan fingerprint density at radius 2 is 1.74 bits per heavy atom. The third kappa shape index (κ3) is 6.94. The fourth-order valence-electron chi connectivity index (χ4n) is 5.64. The molecular weight excluding hydrogens is 488 g/mol. The van der Waals surface area contributed by atoms with Gasteiger partial charge in [0, 0.05) is 17.9 Å². The Bertz CT molecular complexity index is 1010. The van der Waals surface area contributed by atoms with Crippen LogP contribution in [0.1, 0.15) is 66.9 Å². The van der Waals surface area contributed by atoms with Gasteiger partial charge < -0.3 is 19.0 Å². The van der Waals surface area contributed by atoms with Crippen molar-refractivity contribution in [1.82, 2.24) is 0 Å². The second-order valence-electron chi connectivity index (χ2n) is 13.9. The van der Waals surface area contributed by atoms with E-state index >= 15 is 0 Å². The molecular formula is C33H52O4Si. The third-order valence-corrected chi connectivity index (χ3v) is 14.1. The maximum Gasteiger partial charge on any atom is 0.191 e. The second kappa shape index (κ2) is 11.9. The van der Waals surface area contributed by atoms with E-state index < -0.39 is 13.9 Å². The summed E-state index contributed by atoms with van der Waals surface area (Å²) in [6.45, 7) is 22.4. The topological polar surface area (TPSA) is 47.9 Å². The zero-order valence-electron chi connectivity index (χ0n) is 25.6. The Morgan fingerprint density at radius 1 is 1.08 bits per heavy atom. The second-order valence-corrected chi connectivity index (χ2v) is 18.7. The van der Waals surface area contributed by atoms with Crippen LogP contribution in [0, 0.1) is 46.8 Å². The van der Waals surface area contributed by atoms with Crippen LogP contribution in [-0.2, 0) is 15.8 Å². The van der Waals surface area contributed by atoms with Crippen molar-refractivity contribution in [1.29, 1.82) is 0 Å². The summed E-state index contributed by atoms with van der Waals surface area (Å²) >= 11 is 0. The first-order valence-electron chi connectivity index (χ1n) is 14.4. The highest BCUT2D eigenvalue weighted by atomic mass is 28.4. The van der Waals surface area contributed by atoms with Gasteiger partial charge in [-0.25, -0.2) is 0 Å². The van der Waals surface area contributed by atoms with Gasteiger partial charge in [-0.2, -0.15) is 0 Å². The van der Waals surface area contributed by atoms with Crippen molar-refractivity contribution in [2.24, 2.45) is 35.0 Å². The minimum absolute atomic E-state index is 0.0440. The molecule has 1 saturated carbocycles. The molecule has 38 heavy (non-hydrogen) atoms. The molecule has 3 aliphatic carbocycles. The number of hydrogen-bond acceptors (Lipinski definition) is 4. The van der Waals surface area contributed by atoms with Crippen molar-refractivity contribution in [3.63, 3.8) is 0 Å². The van der Waals surface area contributed by atoms with Crippen molar-refractivity contribution in [2.75, 3.05) is 20.3 Å². The van der Waals surface area contributed by atoms with Crippen LogP contribution in [0.2, 0.25) is 18.1 Å². The van der Waals surface area contributed by atoms with Crippen molar-refractivity contribution < 1.29 is 19.0 Å². The molecule has 2 bridgehead atoms. The molecule has 0 unspecified atom stereocenters. The van der Waals surface area contributed by atoms with Gasteiger partial charge in [-0.3, -0.25) is 0 Å². The predicted molar refractivity (Wildman–Crippen MR) is 159 cm³/mol. The van der Waals surface area contributed by atoms with Gasteiger partial charge in [0.2, 0.25) is 0 Å². The van der Waals surface area contributed by atoms with E-state index in [0.717, 1.165) is 24.3 Å². The van der Waals surface area contributed by atoms with E-state index in [1.807, 2.05) is 24.3 Å². The van der Waals surface area contributed by atoms with E-state index in [9.17, 15) is 5.11 Å². The average molecular weight is 541 g/mol. The first-order valence-corrected chi connectivity index (χ1v) is 17.3. The first-order chi connectivity index (χ1) is 17.6. The highest BCUT2D eigenvalue weighted by Gasteiger charge is 2.56. The fourth-order valence-corrected chi connectivity index (χ4v) is 6.68. The minimum Gasteiger partial charge on any atom is -0.497 e. The summed E-state index contributed by atoms with van der Waals surface area (Å²) in [6.07, 6.45) is 6.24. The summed E-state index contributed by atoms with van der Waals surface area (Å²) in [6, 6.07) is 7.92. The summed E-state index contributed by atoms with van der Waals surface area (Å²) in [7, 11) is -0.147. The number of fused-ring (bicyclic) bond motifs is 2. The Labute approximate surface area is 233 Å². The Hall–Kier alpha value is -1.58. The standard InChI is InChI=1S/C33H52O4Si/c1-24(2)30(23-37-38(9,10)31(4,5)6)29-20-32(7)17-16-27(29)19-33(32,34)18-15-25(3)21-36-22-26-11-13-28(35-8)14-12-26/h11-14,16-17,24-25,27,29-30,34H,19-23H2,1-10H3/t25-,27+,29-,30-,32-,33-/m0/s1. The smallest absolute Gasteiger partial charge is 0.191 e. The lowest BCUT2D eigenvalue weighted by atomic mass is 9.51.